The SMILES string of the molecule is CCOC(=O)N1CCC(C)(O)C(C)(O)C1. The molecule has 2 atom stereocenters. The fraction of sp³-hybridized carbons (Fsp3) is 0.900. The van der Waals surface area contributed by atoms with Crippen LogP contribution in [0.25, 0.3) is 0 Å². The lowest BCUT2D eigenvalue weighted by Gasteiger charge is -2.46. The molecule has 5 heteroatoms. The first-order valence-electron chi connectivity index (χ1n) is 5.16. The van der Waals surface area contributed by atoms with E-state index >= 15 is 0 Å². The average Bonchev–Trinajstić information content (AvgIpc) is 2.10. The van der Waals surface area contributed by atoms with Crippen molar-refractivity contribution < 1.29 is 19.7 Å². The number of carbonyl (C=O) groups excluding carboxylic acids is 1. The van der Waals surface area contributed by atoms with Gasteiger partial charge in [-0.1, -0.05) is 0 Å². The van der Waals surface area contributed by atoms with Crippen LogP contribution in [0.15, 0.2) is 0 Å². The second-order valence-corrected chi connectivity index (χ2v) is 4.42. The van der Waals surface area contributed by atoms with Crippen molar-refractivity contribution in [3.8, 4) is 0 Å². The minimum Gasteiger partial charge on any atom is -0.450 e. The van der Waals surface area contributed by atoms with Gasteiger partial charge in [-0.3, -0.25) is 0 Å². The smallest absolute Gasteiger partial charge is 0.409 e. The average molecular weight is 217 g/mol. The normalized spacial score (nSPS) is 36.5. The van der Waals surface area contributed by atoms with Crippen LogP contribution in [0, 0.1) is 0 Å². The fourth-order valence-electron chi connectivity index (χ4n) is 1.61. The van der Waals surface area contributed by atoms with Crippen molar-refractivity contribution in [1.82, 2.24) is 4.90 Å². The highest BCUT2D eigenvalue weighted by molar-refractivity contribution is 5.68. The number of piperidine rings is 1. The van der Waals surface area contributed by atoms with Gasteiger partial charge >= 0.3 is 6.09 Å². The van der Waals surface area contributed by atoms with Gasteiger partial charge in [-0.25, -0.2) is 4.79 Å². The van der Waals surface area contributed by atoms with Crippen molar-refractivity contribution >= 4 is 6.09 Å². The molecule has 1 amide bonds. The molecule has 0 saturated carbocycles. The second kappa shape index (κ2) is 3.98. The summed E-state index contributed by atoms with van der Waals surface area (Å²) in [6.07, 6.45) is -0.0907. The van der Waals surface area contributed by atoms with E-state index in [0.717, 1.165) is 0 Å². The summed E-state index contributed by atoms with van der Waals surface area (Å²) in [6, 6.07) is 0. The standard InChI is InChI=1S/C10H19NO4/c1-4-15-8(12)11-6-5-9(2,13)10(3,14)7-11/h13-14H,4-7H2,1-3H3. The maximum Gasteiger partial charge on any atom is 0.409 e. The zero-order chi connectivity index (χ0) is 11.7. The molecule has 88 valence electrons. The molecule has 0 aromatic carbocycles. The van der Waals surface area contributed by atoms with Crippen LogP contribution in [0.1, 0.15) is 27.2 Å². The number of β-amino-alcohol motifs (C(OH)–C–C–N with tert-alkyl or cyclic N) is 1. The van der Waals surface area contributed by atoms with Gasteiger partial charge in [-0.05, 0) is 27.2 Å². The van der Waals surface area contributed by atoms with Gasteiger partial charge in [0, 0.05) is 6.54 Å². The molecule has 1 fully saturated rings. The minimum absolute atomic E-state index is 0.0961. The van der Waals surface area contributed by atoms with E-state index in [4.69, 9.17) is 4.74 Å². The second-order valence-electron chi connectivity index (χ2n) is 4.42. The molecule has 0 radical (unpaired) electrons. The monoisotopic (exact) mass is 217 g/mol. The third-order valence-electron chi connectivity index (χ3n) is 3.05. The number of carbonyl (C=O) groups is 1. The van der Waals surface area contributed by atoms with E-state index in [1.54, 1.807) is 13.8 Å². The van der Waals surface area contributed by atoms with Gasteiger partial charge in [0.1, 0.15) is 5.60 Å². The largest absolute Gasteiger partial charge is 0.450 e. The van der Waals surface area contributed by atoms with E-state index in [1.165, 1.54) is 11.8 Å². The number of hydrogen-bond donors (Lipinski definition) is 2. The third-order valence-corrected chi connectivity index (χ3v) is 3.05. The Hall–Kier alpha value is -0.810. The molecule has 0 spiro atoms. The number of nitrogens with zero attached hydrogens (tertiary/aromatic N) is 1. The van der Waals surface area contributed by atoms with E-state index in [0.29, 0.717) is 19.6 Å². The molecule has 1 heterocycles. The molecule has 15 heavy (non-hydrogen) atoms. The Morgan fingerprint density at radius 3 is 2.47 bits per heavy atom. The van der Waals surface area contributed by atoms with Crippen molar-refractivity contribution in [2.75, 3.05) is 19.7 Å². The fourth-order valence-corrected chi connectivity index (χ4v) is 1.61. The first kappa shape index (κ1) is 12.3. The maximum absolute atomic E-state index is 11.4. The van der Waals surface area contributed by atoms with Crippen molar-refractivity contribution in [1.29, 1.82) is 0 Å². The first-order chi connectivity index (χ1) is 6.80. The number of rotatable bonds is 1. The van der Waals surface area contributed by atoms with Gasteiger partial charge in [0.25, 0.3) is 0 Å². The number of aliphatic hydroxyl groups is 2. The lowest BCUT2D eigenvalue weighted by Crippen LogP contribution is -2.62. The Labute approximate surface area is 89.6 Å². The number of ether oxygens (including phenoxy) is 1. The van der Waals surface area contributed by atoms with Crippen molar-refractivity contribution in [3.05, 3.63) is 0 Å². The zero-order valence-corrected chi connectivity index (χ0v) is 9.49. The Morgan fingerprint density at radius 2 is 2.00 bits per heavy atom. The minimum atomic E-state index is -1.29. The summed E-state index contributed by atoms with van der Waals surface area (Å²) in [6.45, 7) is 5.65. The van der Waals surface area contributed by atoms with E-state index in [2.05, 4.69) is 0 Å². The zero-order valence-electron chi connectivity index (χ0n) is 9.49. The molecule has 2 N–H and O–H groups in total. The van der Waals surface area contributed by atoms with Crippen molar-refractivity contribution in [3.63, 3.8) is 0 Å². The van der Waals surface area contributed by atoms with Crippen molar-refractivity contribution in [2.24, 2.45) is 0 Å². The van der Waals surface area contributed by atoms with E-state index in [1.807, 2.05) is 0 Å². The quantitative estimate of drug-likeness (QED) is 0.665. The molecule has 1 rings (SSSR count). The molecular formula is C10H19NO4. The van der Waals surface area contributed by atoms with Crippen LogP contribution in [0.2, 0.25) is 0 Å². The van der Waals surface area contributed by atoms with Gasteiger partial charge in [0.2, 0.25) is 0 Å². The third kappa shape index (κ3) is 2.41. The predicted molar refractivity (Wildman–Crippen MR) is 54.5 cm³/mol. The summed E-state index contributed by atoms with van der Waals surface area (Å²) in [5.74, 6) is 0. The molecule has 0 aromatic rings. The summed E-state index contributed by atoms with van der Waals surface area (Å²) in [5.41, 5.74) is -2.45. The Kier molecular flexibility index (Phi) is 3.25. The molecule has 1 saturated heterocycles. The van der Waals surface area contributed by atoms with Crippen LogP contribution >= 0.6 is 0 Å². The molecule has 1 aliphatic rings. The molecule has 5 nitrogen and oxygen atoms in total. The Morgan fingerprint density at radius 1 is 1.40 bits per heavy atom. The van der Waals surface area contributed by atoms with Crippen LogP contribution in [-0.2, 0) is 4.74 Å². The van der Waals surface area contributed by atoms with Crippen LogP contribution in [0.3, 0.4) is 0 Å². The summed E-state index contributed by atoms with van der Waals surface area (Å²) >= 11 is 0. The lowest BCUT2D eigenvalue weighted by molar-refractivity contribution is -0.165. The molecule has 2 unspecified atom stereocenters. The van der Waals surface area contributed by atoms with Gasteiger partial charge in [-0.2, -0.15) is 0 Å². The van der Waals surface area contributed by atoms with Crippen LogP contribution in [0.5, 0.6) is 0 Å². The van der Waals surface area contributed by atoms with Gasteiger partial charge in [0.15, 0.2) is 0 Å². The first-order valence-corrected chi connectivity index (χ1v) is 5.16. The van der Waals surface area contributed by atoms with Gasteiger partial charge < -0.3 is 19.8 Å². The summed E-state index contributed by atoms with van der Waals surface area (Å²) in [4.78, 5) is 12.8. The summed E-state index contributed by atoms with van der Waals surface area (Å²) in [5, 5.41) is 19.9. The summed E-state index contributed by atoms with van der Waals surface area (Å²) < 4.78 is 4.84. The Balaban J connectivity index is 2.66. The summed E-state index contributed by atoms with van der Waals surface area (Å²) in [7, 11) is 0. The molecule has 0 aliphatic carbocycles. The lowest BCUT2D eigenvalue weighted by atomic mass is 9.80. The van der Waals surface area contributed by atoms with Crippen LogP contribution < -0.4 is 0 Å². The van der Waals surface area contributed by atoms with Crippen molar-refractivity contribution in [2.45, 2.75) is 38.4 Å². The predicted octanol–water partition coefficient (Wildman–Crippen LogP) is 0.351. The van der Waals surface area contributed by atoms with Gasteiger partial charge in [-0.15, -0.1) is 0 Å². The molecule has 1 aliphatic heterocycles. The molecular weight excluding hydrogens is 198 g/mol. The van der Waals surface area contributed by atoms with Crippen LogP contribution in [0.4, 0.5) is 4.79 Å². The topological polar surface area (TPSA) is 70.0 Å². The van der Waals surface area contributed by atoms with E-state index in [9.17, 15) is 15.0 Å². The number of hydrogen-bond acceptors (Lipinski definition) is 4. The van der Waals surface area contributed by atoms with Crippen LogP contribution in [-0.4, -0.2) is 52.1 Å². The highest BCUT2D eigenvalue weighted by Gasteiger charge is 2.47. The number of likely N-dealkylation sites (tertiary alicyclic amines) is 1. The highest BCUT2D eigenvalue weighted by atomic mass is 16.6. The highest BCUT2D eigenvalue weighted by Crippen LogP contribution is 2.31. The Bertz CT molecular complexity index is 250. The molecule has 0 bridgehead atoms. The van der Waals surface area contributed by atoms with E-state index < -0.39 is 17.3 Å². The maximum atomic E-state index is 11.4. The van der Waals surface area contributed by atoms with Gasteiger partial charge in [0.05, 0.1) is 18.8 Å². The number of amides is 1. The molecule has 0 aromatic heterocycles. The van der Waals surface area contributed by atoms with E-state index in [-0.39, 0.29) is 6.54 Å².